The number of nitrogens with zero attached hydrogens (tertiary/aromatic N) is 3. The highest BCUT2D eigenvalue weighted by atomic mass is 32.1. The number of benzene rings is 1. The standard InChI is InChI=1S/C14H16FN3OS/c15-11-1-3-12(4-2-11)17-5-7-18(8-6-17)14-16-9-13(10-19)20-14/h1-4,9,19H,5-8,10H2. The van der Waals surface area contributed by atoms with Crippen LogP contribution in [0.1, 0.15) is 4.88 Å². The van der Waals surface area contributed by atoms with Crippen molar-refractivity contribution in [1.29, 1.82) is 0 Å². The summed E-state index contributed by atoms with van der Waals surface area (Å²) in [5, 5.41) is 10.0. The molecule has 1 aromatic carbocycles. The van der Waals surface area contributed by atoms with Crippen LogP contribution in [0.4, 0.5) is 15.2 Å². The van der Waals surface area contributed by atoms with Crippen molar-refractivity contribution >= 4 is 22.2 Å². The summed E-state index contributed by atoms with van der Waals surface area (Å²) in [7, 11) is 0. The van der Waals surface area contributed by atoms with Gasteiger partial charge in [0.25, 0.3) is 0 Å². The fourth-order valence-corrected chi connectivity index (χ4v) is 3.15. The number of anilines is 2. The van der Waals surface area contributed by atoms with Crippen LogP contribution in [0.5, 0.6) is 0 Å². The third kappa shape index (κ3) is 2.76. The van der Waals surface area contributed by atoms with E-state index in [9.17, 15) is 4.39 Å². The van der Waals surface area contributed by atoms with Gasteiger partial charge in [-0.25, -0.2) is 9.37 Å². The second kappa shape index (κ2) is 5.76. The molecule has 0 spiro atoms. The second-order valence-electron chi connectivity index (χ2n) is 4.72. The first-order valence-electron chi connectivity index (χ1n) is 6.57. The zero-order chi connectivity index (χ0) is 13.9. The van der Waals surface area contributed by atoms with Gasteiger partial charge in [0.15, 0.2) is 5.13 Å². The third-order valence-corrected chi connectivity index (χ3v) is 4.48. The number of halogens is 1. The monoisotopic (exact) mass is 293 g/mol. The maximum absolute atomic E-state index is 12.9. The van der Waals surface area contributed by atoms with Gasteiger partial charge in [-0.05, 0) is 24.3 Å². The first-order chi connectivity index (χ1) is 9.76. The molecule has 6 heteroatoms. The van der Waals surface area contributed by atoms with E-state index in [1.165, 1.54) is 23.5 Å². The average Bonchev–Trinajstić information content (AvgIpc) is 2.97. The van der Waals surface area contributed by atoms with Crippen LogP contribution >= 0.6 is 11.3 Å². The third-order valence-electron chi connectivity index (χ3n) is 3.44. The molecule has 2 heterocycles. The van der Waals surface area contributed by atoms with E-state index in [1.807, 2.05) is 12.1 Å². The molecule has 0 radical (unpaired) electrons. The Morgan fingerprint density at radius 2 is 1.75 bits per heavy atom. The van der Waals surface area contributed by atoms with Crippen molar-refractivity contribution in [2.45, 2.75) is 6.61 Å². The van der Waals surface area contributed by atoms with E-state index in [2.05, 4.69) is 14.8 Å². The summed E-state index contributed by atoms with van der Waals surface area (Å²) in [6, 6.07) is 6.63. The Balaban J connectivity index is 1.63. The Morgan fingerprint density at radius 3 is 2.35 bits per heavy atom. The fourth-order valence-electron chi connectivity index (χ4n) is 2.32. The molecule has 0 atom stereocenters. The first kappa shape index (κ1) is 13.3. The van der Waals surface area contributed by atoms with Crippen molar-refractivity contribution < 1.29 is 9.50 Å². The summed E-state index contributed by atoms with van der Waals surface area (Å²) in [4.78, 5) is 9.70. The van der Waals surface area contributed by atoms with Gasteiger partial charge < -0.3 is 14.9 Å². The Hall–Kier alpha value is -1.66. The molecule has 0 aliphatic carbocycles. The van der Waals surface area contributed by atoms with Crippen LogP contribution in [0.25, 0.3) is 0 Å². The van der Waals surface area contributed by atoms with Gasteiger partial charge in [0.1, 0.15) is 5.82 Å². The summed E-state index contributed by atoms with van der Waals surface area (Å²) in [6.07, 6.45) is 1.73. The summed E-state index contributed by atoms with van der Waals surface area (Å²) in [6.45, 7) is 3.60. The number of hydrogen-bond acceptors (Lipinski definition) is 5. The van der Waals surface area contributed by atoms with Crippen molar-refractivity contribution in [3.05, 3.63) is 41.2 Å². The quantitative estimate of drug-likeness (QED) is 0.941. The van der Waals surface area contributed by atoms with E-state index < -0.39 is 0 Å². The van der Waals surface area contributed by atoms with Crippen molar-refractivity contribution in [3.8, 4) is 0 Å². The molecule has 4 nitrogen and oxygen atoms in total. The van der Waals surface area contributed by atoms with Crippen LogP contribution < -0.4 is 9.80 Å². The smallest absolute Gasteiger partial charge is 0.185 e. The predicted octanol–water partition coefficient (Wildman–Crippen LogP) is 2.10. The molecule has 106 valence electrons. The number of hydrogen-bond donors (Lipinski definition) is 1. The van der Waals surface area contributed by atoms with Crippen LogP contribution in [0.2, 0.25) is 0 Å². The van der Waals surface area contributed by atoms with Gasteiger partial charge in [0, 0.05) is 38.1 Å². The van der Waals surface area contributed by atoms with Gasteiger partial charge in [-0.1, -0.05) is 11.3 Å². The fraction of sp³-hybridized carbons (Fsp3) is 0.357. The average molecular weight is 293 g/mol. The normalized spacial score (nSPS) is 15.7. The Labute approximate surface area is 121 Å². The van der Waals surface area contributed by atoms with E-state index in [0.717, 1.165) is 41.9 Å². The van der Waals surface area contributed by atoms with E-state index in [0.29, 0.717) is 0 Å². The number of aliphatic hydroxyl groups is 1. The zero-order valence-corrected chi connectivity index (χ0v) is 11.8. The van der Waals surface area contributed by atoms with Crippen molar-refractivity contribution in [2.75, 3.05) is 36.0 Å². The van der Waals surface area contributed by atoms with E-state index in [4.69, 9.17) is 5.11 Å². The molecule has 2 aromatic rings. The minimum Gasteiger partial charge on any atom is -0.391 e. The zero-order valence-electron chi connectivity index (χ0n) is 11.0. The molecule has 0 amide bonds. The van der Waals surface area contributed by atoms with Crippen LogP contribution in [0, 0.1) is 5.82 Å². The molecule has 1 N–H and O–H groups in total. The highest BCUT2D eigenvalue weighted by Gasteiger charge is 2.19. The molecule has 1 fully saturated rings. The highest BCUT2D eigenvalue weighted by Crippen LogP contribution is 2.25. The SMILES string of the molecule is OCc1cnc(N2CCN(c3ccc(F)cc3)CC2)s1. The van der Waals surface area contributed by atoms with Gasteiger partial charge in [-0.3, -0.25) is 0 Å². The number of thiazole rings is 1. The summed E-state index contributed by atoms with van der Waals surface area (Å²) < 4.78 is 12.9. The van der Waals surface area contributed by atoms with Gasteiger partial charge in [0.05, 0.1) is 11.5 Å². The summed E-state index contributed by atoms with van der Waals surface area (Å²) in [5.74, 6) is -0.202. The minimum absolute atomic E-state index is 0.0488. The molecule has 1 aromatic heterocycles. The van der Waals surface area contributed by atoms with Crippen LogP contribution in [-0.2, 0) is 6.61 Å². The van der Waals surface area contributed by atoms with Crippen molar-refractivity contribution in [3.63, 3.8) is 0 Å². The topological polar surface area (TPSA) is 39.6 Å². The lowest BCUT2D eigenvalue weighted by atomic mass is 10.2. The van der Waals surface area contributed by atoms with Crippen LogP contribution in [0.15, 0.2) is 30.5 Å². The summed E-state index contributed by atoms with van der Waals surface area (Å²) >= 11 is 1.54. The lowest BCUT2D eigenvalue weighted by Crippen LogP contribution is -2.46. The molecule has 1 aliphatic rings. The minimum atomic E-state index is -0.202. The lowest BCUT2D eigenvalue weighted by molar-refractivity contribution is 0.285. The number of piperazine rings is 1. The van der Waals surface area contributed by atoms with Crippen LogP contribution in [0.3, 0.4) is 0 Å². The highest BCUT2D eigenvalue weighted by molar-refractivity contribution is 7.15. The predicted molar refractivity (Wildman–Crippen MR) is 78.9 cm³/mol. The lowest BCUT2D eigenvalue weighted by Gasteiger charge is -2.36. The van der Waals surface area contributed by atoms with Crippen LogP contribution in [-0.4, -0.2) is 36.3 Å². The van der Waals surface area contributed by atoms with Gasteiger partial charge >= 0.3 is 0 Å². The largest absolute Gasteiger partial charge is 0.391 e. The second-order valence-corrected chi connectivity index (χ2v) is 5.81. The number of aliphatic hydroxyl groups excluding tert-OH is 1. The molecular formula is C14H16FN3OS. The molecular weight excluding hydrogens is 277 g/mol. The molecule has 0 unspecified atom stereocenters. The maximum Gasteiger partial charge on any atom is 0.185 e. The molecule has 1 saturated heterocycles. The maximum atomic E-state index is 12.9. The molecule has 0 bridgehead atoms. The number of rotatable bonds is 3. The van der Waals surface area contributed by atoms with Gasteiger partial charge in [0.2, 0.25) is 0 Å². The summed E-state index contributed by atoms with van der Waals surface area (Å²) in [5.41, 5.74) is 1.06. The molecule has 20 heavy (non-hydrogen) atoms. The first-order valence-corrected chi connectivity index (χ1v) is 7.39. The van der Waals surface area contributed by atoms with Gasteiger partial charge in [-0.2, -0.15) is 0 Å². The number of aromatic nitrogens is 1. The van der Waals surface area contributed by atoms with Crippen molar-refractivity contribution in [2.24, 2.45) is 0 Å². The van der Waals surface area contributed by atoms with E-state index >= 15 is 0 Å². The molecule has 3 rings (SSSR count). The molecule has 0 saturated carbocycles. The Kier molecular flexibility index (Phi) is 3.84. The Morgan fingerprint density at radius 1 is 1.10 bits per heavy atom. The Bertz CT molecular complexity index is 564. The van der Waals surface area contributed by atoms with Gasteiger partial charge in [-0.15, -0.1) is 0 Å². The van der Waals surface area contributed by atoms with E-state index in [1.54, 1.807) is 6.20 Å². The van der Waals surface area contributed by atoms with E-state index in [-0.39, 0.29) is 12.4 Å². The molecule has 1 aliphatic heterocycles. The van der Waals surface area contributed by atoms with Crippen molar-refractivity contribution in [1.82, 2.24) is 4.98 Å².